The topological polar surface area (TPSA) is 154 Å². The van der Waals surface area contributed by atoms with Gasteiger partial charge in [0.2, 0.25) is 0 Å². The normalized spacial score (nSPS) is 12.4. The van der Waals surface area contributed by atoms with Crippen LogP contribution < -0.4 is 19.7 Å². The number of nitrogens with zero attached hydrogens (tertiary/aromatic N) is 3. The minimum Gasteiger partial charge on any atom is -0.492 e. The van der Waals surface area contributed by atoms with Crippen LogP contribution in [0.3, 0.4) is 0 Å². The summed E-state index contributed by atoms with van der Waals surface area (Å²) in [6.45, 7) is 2.27. The smallest absolute Gasteiger partial charge is 0.277 e. The molecule has 3 aromatic rings. The van der Waals surface area contributed by atoms with Crippen molar-refractivity contribution in [3.63, 3.8) is 0 Å². The second-order valence-electron chi connectivity index (χ2n) is 7.89. The van der Waals surface area contributed by atoms with Gasteiger partial charge < -0.3 is 19.7 Å². The molecule has 0 saturated heterocycles. The summed E-state index contributed by atoms with van der Waals surface area (Å²) in [6.07, 6.45) is 0. The molecule has 0 aliphatic carbocycles. The molecule has 2 amide bonds. The molecular weight excluding hydrogens is 472 g/mol. The van der Waals surface area contributed by atoms with Gasteiger partial charge in [0.05, 0.1) is 33.7 Å². The van der Waals surface area contributed by atoms with Gasteiger partial charge in [-0.2, -0.15) is 0 Å². The van der Waals surface area contributed by atoms with Crippen LogP contribution in [0.5, 0.6) is 11.5 Å². The molecule has 0 atom stereocenters. The molecular formula is C24H20N4O8. The van der Waals surface area contributed by atoms with Crippen molar-refractivity contribution in [1.29, 1.82) is 0 Å². The molecule has 1 heterocycles. The predicted molar refractivity (Wildman–Crippen MR) is 129 cm³/mol. The minimum absolute atomic E-state index is 0.202. The number of carbonyl (C=O) groups is 2. The number of nitro groups is 2. The highest BCUT2D eigenvalue weighted by Crippen LogP contribution is 2.35. The van der Waals surface area contributed by atoms with Crippen molar-refractivity contribution >= 4 is 34.6 Å². The van der Waals surface area contributed by atoms with Crippen LogP contribution in [0.1, 0.15) is 15.9 Å². The van der Waals surface area contributed by atoms with E-state index in [-0.39, 0.29) is 36.9 Å². The summed E-state index contributed by atoms with van der Waals surface area (Å²) in [7, 11) is 0. The predicted octanol–water partition coefficient (Wildman–Crippen LogP) is 3.87. The lowest BCUT2D eigenvalue weighted by molar-refractivity contribution is -0.394. The lowest BCUT2D eigenvalue weighted by Gasteiger charge is -2.29. The van der Waals surface area contributed by atoms with Crippen LogP contribution in [-0.2, 0) is 4.79 Å². The van der Waals surface area contributed by atoms with Gasteiger partial charge in [-0.05, 0) is 36.8 Å². The average molecular weight is 492 g/mol. The number of non-ortho nitro benzene ring substituents is 2. The molecule has 0 radical (unpaired) electrons. The van der Waals surface area contributed by atoms with Crippen LogP contribution in [0, 0.1) is 27.2 Å². The van der Waals surface area contributed by atoms with Crippen LogP contribution in [0.25, 0.3) is 0 Å². The van der Waals surface area contributed by atoms with Crippen molar-refractivity contribution in [3.8, 4) is 11.5 Å². The lowest BCUT2D eigenvalue weighted by atomic mass is 10.1. The molecule has 1 N–H and O–H groups in total. The van der Waals surface area contributed by atoms with Gasteiger partial charge in [-0.3, -0.25) is 29.8 Å². The quantitative estimate of drug-likeness (QED) is 0.367. The van der Waals surface area contributed by atoms with Crippen LogP contribution in [0.15, 0.2) is 60.7 Å². The van der Waals surface area contributed by atoms with E-state index in [2.05, 4.69) is 5.32 Å². The Morgan fingerprint density at radius 3 is 2.44 bits per heavy atom. The van der Waals surface area contributed by atoms with Gasteiger partial charge in [-0.25, -0.2) is 0 Å². The van der Waals surface area contributed by atoms with Gasteiger partial charge in [-0.15, -0.1) is 0 Å². The Hall–Kier alpha value is -5.00. The Morgan fingerprint density at radius 2 is 1.78 bits per heavy atom. The molecule has 184 valence electrons. The maximum absolute atomic E-state index is 12.7. The van der Waals surface area contributed by atoms with E-state index in [0.717, 1.165) is 23.8 Å². The number of hydrogen-bond donors (Lipinski definition) is 1. The molecule has 1 aliphatic rings. The summed E-state index contributed by atoms with van der Waals surface area (Å²) in [5.41, 5.74) is 0.408. The van der Waals surface area contributed by atoms with Crippen LogP contribution in [0.4, 0.5) is 22.7 Å². The first-order chi connectivity index (χ1) is 17.2. The molecule has 0 spiro atoms. The molecule has 0 unspecified atom stereocenters. The first-order valence-corrected chi connectivity index (χ1v) is 10.7. The Kier molecular flexibility index (Phi) is 6.77. The van der Waals surface area contributed by atoms with E-state index in [4.69, 9.17) is 9.47 Å². The highest BCUT2D eigenvalue weighted by Gasteiger charge is 2.26. The molecule has 3 aromatic carbocycles. The molecule has 4 rings (SSSR count). The zero-order valence-electron chi connectivity index (χ0n) is 19.0. The van der Waals surface area contributed by atoms with Crippen molar-refractivity contribution in [1.82, 2.24) is 0 Å². The fourth-order valence-electron chi connectivity index (χ4n) is 3.63. The van der Waals surface area contributed by atoms with Crippen molar-refractivity contribution < 1.29 is 28.9 Å². The number of nitro benzene ring substituents is 2. The fraction of sp³-hybridized carbons (Fsp3) is 0.167. The largest absolute Gasteiger partial charge is 0.492 e. The van der Waals surface area contributed by atoms with Gasteiger partial charge in [-0.1, -0.05) is 12.1 Å². The molecule has 0 saturated carbocycles. The van der Waals surface area contributed by atoms with Gasteiger partial charge in [0, 0.05) is 23.9 Å². The second-order valence-corrected chi connectivity index (χ2v) is 7.89. The summed E-state index contributed by atoms with van der Waals surface area (Å²) in [5.74, 6) is -0.00330. The SMILES string of the molecule is Cc1cccc(OCCN2C(=O)COc3cc(NC(=O)c4cc([N+](=O)[O-])cc([N+](=O)[O-])c4)ccc32)c1. The van der Waals surface area contributed by atoms with E-state index in [9.17, 15) is 29.8 Å². The summed E-state index contributed by atoms with van der Waals surface area (Å²) in [6, 6.07) is 14.8. The Bertz CT molecular complexity index is 1340. The lowest BCUT2D eigenvalue weighted by Crippen LogP contribution is -2.41. The molecule has 0 fully saturated rings. The Balaban J connectivity index is 1.49. The number of hydrogen-bond acceptors (Lipinski definition) is 8. The molecule has 1 aliphatic heterocycles. The number of aryl methyl sites for hydroxylation is 1. The van der Waals surface area contributed by atoms with E-state index in [1.807, 2.05) is 31.2 Å². The third kappa shape index (κ3) is 5.38. The van der Waals surface area contributed by atoms with Crippen LogP contribution in [-0.4, -0.2) is 41.4 Å². The number of nitrogens with one attached hydrogen (secondary N) is 1. The standard InChI is InChI=1S/C24H20N4O8/c1-15-3-2-4-20(9-15)35-8-7-26-21-6-5-17(12-22(21)36-14-23(26)29)25-24(30)16-10-18(27(31)32)13-19(11-16)28(33)34/h2-6,9-13H,7-8,14H2,1H3,(H,25,30). The first kappa shape index (κ1) is 24.1. The highest BCUT2D eigenvalue weighted by molar-refractivity contribution is 6.06. The zero-order valence-corrected chi connectivity index (χ0v) is 19.0. The summed E-state index contributed by atoms with van der Waals surface area (Å²) in [5, 5.41) is 24.7. The number of ether oxygens (including phenoxy) is 2. The number of anilines is 2. The third-order valence-corrected chi connectivity index (χ3v) is 5.32. The average Bonchev–Trinajstić information content (AvgIpc) is 2.85. The van der Waals surface area contributed by atoms with Gasteiger partial charge in [0.15, 0.2) is 6.61 Å². The van der Waals surface area contributed by atoms with E-state index in [0.29, 0.717) is 17.2 Å². The van der Waals surface area contributed by atoms with Gasteiger partial charge >= 0.3 is 0 Å². The van der Waals surface area contributed by atoms with Crippen LogP contribution in [0.2, 0.25) is 0 Å². The number of rotatable bonds is 8. The number of benzene rings is 3. The van der Waals surface area contributed by atoms with Crippen LogP contribution >= 0.6 is 0 Å². The van der Waals surface area contributed by atoms with Crippen molar-refractivity contribution in [3.05, 3.63) is 92.0 Å². The molecule has 0 bridgehead atoms. The van der Waals surface area contributed by atoms with Crippen molar-refractivity contribution in [2.75, 3.05) is 30.0 Å². The maximum atomic E-state index is 12.7. The summed E-state index contributed by atoms with van der Waals surface area (Å²) < 4.78 is 11.3. The van der Waals surface area contributed by atoms with E-state index >= 15 is 0 Å². The Morgan fingerprint density at radius 1 is 1.06 bits per heavy atom. The highest BCUT2D eigenvalue weighted by atomic mass is 16.6. The second kappa shape index (κ2) is 10.1. The molecule has 12 heteroatoms. The number of carbonyl (C=O) groups excluding carboxylic acids is 2. The number of fused-ring (bicyclic) bond motifs is 1. The maximum Gasteiger partial charge on any atom is 0.277 e. The van der Waals surface area contributed by atoms with E-state index in [1.54, 1.807) is 6.07 Å². The van der Waals surface area contributed by atoms with E-state index in [1.165, 1.54) is 17.0 Å². The Labute approximate surface area is 204 Å². The van der Waals surface area contributed by atoms with Crippen molar-refractivity contribution in [2.24, 2.45) is 0 Å². The summed E-state index contributed by atoms with van der Waals surface area (Å²) in [4.78, 5) is 47.2. The third-order valence-electron chi connectivity index (χ3n) is 5.32. The van der Waals surface area contributed by atoms with Gasteiger partial charge in [0.1, 0.15) is 18.1 Å². The zero-order chi connectivity index (χ0) is 25.8. The first-order valence-electron chi connectivity index (χ1n) is 10.7. The monoisotopic (exact) mass is 492 g/mol. The number of amides is 2. The van der Waals surface area contributed by atoms with E-state index < -0.39 is 27.1 Å². The fourth-order valence-corrected chi connectivity index (χ4v) is 3.63. The molecule has 36 heavy (non-hydrogen) atoms. The molecule has 0 aromatic heterocycles. The summed E-state index contributed by atoms with van der Waals surface area (Å²) >= 11 is 0. The molecule has 12 nitrogen and oxygen atoms in total. The van der Waals surface area contributed by atoms with Gasteiger partial charge in [0.25, 0.3) is 23.2 Å². The minimum atomic E-state index is -0.815. The van der Waals surface area contributed by atoms with Crippen molar-refractivity contribution in [2.45, 2.75) is 6.92 Å².